The molecule has 1 aromatic heterocycles. The molecular weight excluding hydrogens is 462 g/mol. The van der Waals surface area contributed by atoms with Gasteiger partial charge in [0.1, 0.15) is 12.1 Å². The number of hydrogen-bond donors (Lipinski definition) is 2. The predicted molar refractivity (Wildman–Crippen MR) is 119 cm³/mol. The number of hydrogen-bond acceptors (Lipinski definition) is 6. The van der Waals surface area contributed by atoms with Crippen molar-refractivity contribution in [2.75, 3.05) is 24.7 Å². The number of nitrogens with zero attached hydrogens (tertiary/aromatic N) is 1. The van der Waals surface area contributed by atoms with E-state index in [0.717, 1.165) is 40.3 Å². The van der Waals surface area contributed by atoms with Crippen LogP contribution in [0.5, 0.6) is 0 Å². The van der Waals surface area contributed by atoms with E-state index in [9.17, 15) is 18.0 Å². The van der Waals surface area contributed by atoms with Crippen LogP contribution in [0.4, 0.5) is 5.69 Å². The minimum absolute atomic E-state index is 0.0281. The molecule has 0 saturated carbocycles. The standard InChI is InChI=1S/C20H22ClN3O5S2/c1-31(27,28)24-9-10-29-17(16(24)19(22)25)18-15(13-3-2-4-14(13)30-18)20(26)23-12-7-5-11(21)6-8-12/h5-8,16-17H,2-4,9-10H2,1H3,(H2,22,25)(H,23,26). The Bertz CT molecular complexity index is 1130. The number of carbonyl (C=O) groups is 2. The topological polar surface area (TPSA) is 119 Å². The minimum atomic E-state index is -3.70. The number of sulfonamides is 1. The first kappa shape index (κ1) is 22.2. The first-order chi connectivity index (χ1) is 14.7. The lowest BCUT2D eigenvalue weighted by molar-refractivity contribution is -0.131. The van der Waals surface area contributed by atoms with Crippen LogP contribution < -0.4 is 11.1 Å². The summed E-state index contributed by atoms with van der Waals surface area (Å²) in [7, 11) is -3.70. The summed E-state index contributed by atoms with van der Waals surface area (Å²) in [6.07, 6.45) is 2.59. The number of nitrogens with two attached hydrogens (primary N) is 1. The molecule has 2 heterocycles. The molecule has 0 bridgehead atoms. The maximum Gasteiger partial charge on any atom is 0.257 e. The van der Waals surface area contributed by atoms with Crippen LogP contribution in [-0.2, 0) is 32.4 Å². The monoisotopic (exact) mass is 483 g/mol. The van der Waals surface area contributed by atoms with Crippen molar-refractivity contribution in [2.24, 2.45) is 5.73 Å². The van der Waals surface area contributed by atoms with Crippen molar-refractivity contribution < 1.29 is 22.7 Å². The molecule has 2 unspecified atom stereocenters. The van der Waals surface area contributed by atoms with Gasteiger partial charge in [0.25, 0.3) is 5.91 Å². The number of halogens is 1. The summed E-state index contributed by atoms with van der Waals surface area (Å²) < 4.78 is 31.5. The van der Waals surface area contributed by atoms with Crippen LogP contribution in [0, 0.1) is 0 Å². The number of amides is 2. The Morgan fingerprint density at radius 2 is 1.97 bits per heavy atom. The highest BCUT2D eigenvalue weighted by Gasteiger charge is 2.45. The molecule has 1 aliphatic heterocycles. The Morgan fingerprint density at radius 3 is 2.61 bits per heavy atom. The van der Waals surface area contributed by atoms with Crippen LogP contribution in [0.3, 0.4) is 0 Å². The van der Waals surface area contributed by atoms with Crippen molar-refractivity contribution in [1.82, 2.24) is 4.31 Å². The highest BCUT2D eigenvalue weighted by molar-refractivity contribution is 7.88. The number of thiophene rings is 1. The maximum absolute atomic E-state index is 13.3. The average molecular weight is 484 g/mol. The van der Waals surface area contributed by atoms with E-state index < -0.39 is 28.1 Å². The summed E-state index contributed by atoms with van der Waals surface area (Å²) in [6.45, 7) is 0.128. The first-order valence-electron chi connectivity index (χ1n) is 9.76. The van der Waals surface area contributed by atoms with Gasteiger partial charge in [-0.2, -0.15) is 4.31 Å². The molecule has 2 aliphatic rings. The van der Waals surface area contributed by atoms with Gasteiger partial charge in [-0.25, -0.2) is 8.42 Å². The Morgan fingerprint density at radius 1 is 1.26 bits per heavy atom. The second-order valence-corrected chi connectivity index (χ2v) is 11.1. The second-order valence-electron chi connectivity index (χ2n) is 7.57. The molecule has 2 atom stereocenters. The lowest BCUT2D eigenvalue weighted by Crippen LogP contribution is -2.55. The molecule has 3 N–H and O–H groups in total. The molecular formula is C20H22ClN3O5S2. The molecule has 1 aliphatic carbocycles. The number of morpholine rings is 1. The van der Waals surface area contributed by atoms with E-state index in [0.29, 0.717) is 21.2 Å². The zero-order valence-electron chi connectivity index (χ0n) is 16.8. The largest absolute Gasteiger partial charge is 0.369 e. The minimum Gasteiger partial charge on any atom is -0.369 e. The number of nitrogens with one attached hydrogen (secondary N) is 1. The van der Waals surface area contributed by atoms with Gasteiger partial charge >= 0.3 is 0 Å². The predicted octanol–water partition coefficient (Wildman–Crippen LogP) is 2.33. The molecule has 2 aromatic rings. The van der Waals surface area contributed by atoms with Crippen molar-refractivity contribution in [3.05, 3.63) is 50.2 Å². The number of carbonyl (C=O) groups excluding carboxylic acids is 2. The lowest BCUT2D eigenvalue weighted by atomic mass is 10.00. The number of ether oxygens (including phenoxy) is 1. The van der Waals surface area contributed by atoms with Gasteiger partial charge in [-0.1, -0.05) is 11.6 Å². The third-order valence-corrected chi connectivity index (χ3v) is 8.33. The smallest absolute Gasteiger partial charge is 0.257 e. The Kier molecular flexibility index (Phi) is 6.10. The molecule has 1 aromatic carbocycles. The van der Waals surface area contributed by atoms with Gasteiger partial charge in [-0.3, -0.25) is 9.59 Å². The zero-order valence-corrected chi connectivity index (χ0v) is 19.1. The lowest BCUT2D eigenvalue weighted by Gasteiger charge is -2.37. The van der Waals surface area contributed by atoms with Crippen LogP contribution in [0.25, 0.3) is 0 Å². The van der Waals surface area contributed by atoms with Crippen LogP contribution in [0.15, 0.2) is 24.3 Å². The fraction of sp³-hybridized carbons (Fsp3) is 0.400. The number of rotatable bonds is 5. The van der Waals surface area contributed by atoms with Gasteiger partial charge < -0.3 is 15.8 Å². The van der Waals surface area contributed by atoms with Crippen molar-refractivity contribution in [3.8, 4) is 0 Å². The Hall–Kier alpha value is -1.98. The molecule has 31 heavy (non-hydrogen) atoms. The van der Waals surface area contributed by atoms with Gasteiger partial charge in [0.15, 0.2) is 0 Å². The molecule has 8 nitrogen and oxygen atoms in total. The third kappa shape index (κ3) is 4.35. The Balaban J connectivity index is 1.75. The zero-order chi connectivity index (χ0) is 22.3. The molecule has 2 amide bonds. The maximum atomic E-state index is 13.3. The van der Waals surface area contributed by atoms with Crippen molar-refractivity contribution in [2.45, 2.75) is 31.4 Å². The molecule has 11 heteroatoms. The summed E-state index contributed by atoms with van der Waals surface area (Å²) >= 11 is 7.32. The van der Waals surface area contributed by atoms with Crippen LogP contribution in [0.1, 0.15) is 38.2 Å². The van der Waals surface area contributed by atoms with E-state index in [1.165, 1.54) is 11.3 Å². The highest BCUT2D eigenvalue weighted by atomic mass is 35.5. The fourth-order valence-corrected chi connectivity index (χ4v) is 6.76. The van der Waals surface area contributed by atoms with Crippen molar-refractivity contribution in [3.63, 3.8) is 0 Å². The van der Waals surface area contributed by atoms with Gasteiger partial charge in [-0.15, -0.1) is 11.3 Å². The fourth-order valence-electron chi connectivity index (χ4n) is 4.13. The van der Waals surface area contributed by atoms with Crippen LogP contribution in [0.2, 0.25) is 5.02 Å². The first-order valence-corrected chi connectivity index (χ1v) is 12.8. The van der Waals surface area contributed by atoms with E-state index in [1.807, 2.05) is 0 Å². The number of aryl methyl sites for hydroxylation is 1. The van der Waals surface area contributed by atoms with Gasteiger partial charge in [0.05, 0.1) is 18.4 Å². The van der Waals surface area contributed by atoms with E-state index in [-0.39, 0.29) is 19.1 Å². The summed E-state index contributed by atoms with van der Waals surface area (Å²) in [5, 5.41) is 3.42. The SMILES string of the molecule is CS(=O)(=O)N1CCOC(c2sc3c(c2C(=O)Nc2ccc(Cl)cc2)CCC3)C1C(N)=O. The third-order valence-electron chi connectivity index (χ3n) is 5.46. The number of benzene rings is 1. The molecule has 1 fully saturated rings. The van der Waals surface area contributed by atoms with Crippen molar-refractivity contribution in [1.29, 1.82) is 0 Å². The molecule has 1 saturated heterocycles. The average Bonchev–Trinajstić information content (AvgIpc) is 3.29. The summed E-state index contributed by atoms with van der Waals surface area (Å²) in [4.78, 5) is 27.2. The summed E-state index contributed by atoms with van der Waals surface area (Å²) in [5.41, 5.74) is 7.55. The highest BCUT2D eigenvalue weighted by Crippen LogP contribution is 2.43. The van der Waals surface area contributed by atoms with Gasteiger partial charge in [-0.05, 0) is 49.1 Å². The summed E-state index contributed by atoms with van der Waals surface area (Å²) in [6, 6.07) is 5.52. The quantitative estimate of drug-likeness (QED) is 0.676. The van der Waals surface area contributed by atoms with Crippen LogP contribution >= 0.6 is 22.9 Å². The normalized spacial score (nSPS) is 21.6. The number of primary amides is 1. The van der Waals surface area contributed by atoms with E-state index in [4.69, 9.17) is 22.1 Å². The number of anilines is 1. The second kappa shape index (κ2) is 8.51. The molecule has 166 valence electrons. The van der Waals surface area contributed by atoms with Crippen molar-refractivity contribution >= 4 is 50.5 Å². The molecule has 4 rings (SSSR count). The van der Waals surface area contributed by atoms with E-state index >= 15 is 0 Å². The van der Waals surface area contributed by atoms with Gasteiger partial charge in [0, 0.05) is 27.0 Å². The Labute approximate surface area is 189 Å². The van der Waals surface area contributed by atoms with E-state index in [2.05, 4.69) is 5.32 Å². The number of fused-ring (bicyclic) bond motifs is 1. The van der Waals surface area contributed by atoms with E-state index in [1.54, 1.807) is 24.3 Å². The van der Waals surface area contributed by atoms with Gasteiger partial charge in [0.2, 0.25) is 15.9 Å². The van der Waals surface area contributed by atoms with Crippen LogP contribution in [-0.4, -0.2) is 50.0 Å². The molecule has 0 radical (unpaired) electrons. The summed E-state index contributed by atoms with van der Waals surface area (Å²) in [5.74, 6) is -1.15. The molecule has 0 spiro atoms.